The fourth-order valence-electron chi connectivity index (χ4n) is 0.834. The lowest BCUT2D eigenvalue weighted by molar-refractivity contribution is -0.118. The van der Waals surface area contributed by atoms with Gasteiger partial charge in [0, 0.05) is 0 Å². The first-order valence-electron chi connectivity index (χ1n) is 3.41. The van der Waals surface area contributed by atoms with Crippen molar-refractivity contribution in [2.45, 2.75) is 5.25 Å². The van der Waals surface area contributed by atoms with Gasteiger partial charge >= 0.3 is 0 Å². The van der Waals surface area contributed by atoms with Crippen LogP contribution in [0.4, 0.5) is 4.39 Å². The molecule has 1 amide bonds. The number of carbonyl (C=O) groups is 1. The lowest BCUT2D eigenvalue weighted by Gasteiger charge is -2.05. The van der Waals surface area contributed by atoms with Crippen LogP contribution in [0, 0.1) is 5.82 Å². The van der Waals surface area contributed by atoms with Gasteiger partial charge in [0.1, 0.15) is 11.1 Å². The molecule has 0 aliphatic carbocycles. The van der Waals surface area contributed by atoms with Crippen LogP contribution in [0.5, 0.6) is 0 Å². The van der Waals surface area contributed by atoms with Gasteiger partial charge in [-0.05, 0) is 17.7 Å². The van der Waals surface area contributed by atoms with Gasteiger partial charge in [0.15, 0.2) is 0 Å². The van der Waals surface area contributed by atoms with E-state index in [1.54, 1.807) is 0 Å². The summed E-state index contributed by atoms with van der Waals surface area (Å²) in [4.78, 5) is 10.6. The third kappa shape index (κ3) is 2.35. The molecule has 0 saturated carbocycles. The Morgan fingerprint density at radius 3 is 2.69 bits per heavy atom. The summed E-state index contributed by atoms with van der Waals surface area (Å²) >= 11 is 9.28. The molecule has 0 aromatic heterocycles. The lowest BCUT2D eigenvalue weighted by atomic mass is 10.1. The van der Waals surface area contributed by atoms with Crippen LogP contribution in [0.3, 0.4) is 0 Å². The molecule has 0 aliphatic rings. The molecule has 1 atom stereocenters. The van der Waals surface area contributed by atoms with Crippen molar-refractivity contribution in [3.8, 4) is 0 Å². The van der Waals surface area contributed by atoms with Gasteiger partial charge in [-0.25, -0.2) is 4.39 Å². The second kappa shape index (κ2) is 3.98. The van der Waals surface area contributed by atoms with Crippen LogP contribution in [-0.4, -0.2) is 5.91 Å². The predicted molar refractivity (Wildman–Crippen MR) is 51.2 cm³/mol. The van der Waals surface area contributed by atoms with E-state index in [1.807, 2.05) is 0 Å². The number of nitrogens with one attached hydrogen (secondary N) is 1. The van der Waals surface area contributed by atoms with Crippen LogP contribution < -0.4 is 5.73 Å². The topological polar surface area (TPSA) is 40.9 Å². The molecule has 0 fully saturated rings. The standard InChI is InChI=1S/C8H6ClFNOS/c9-5-2-1-4(3-6(5)10)7(13)8(11)12/h1-3,7,11,13H. The maximum Gasteiger partial charge on any atom is 0.255 e. The summed E-state index contributed by atoms with van der Waals surface area (Å²) in [7, 11) is 0. The molecular weight excluding hydrogens is 213 g/mol. The summed E-state index contributed by atoms with van der Waals surface area (Å²) in [5.74, 6) is -1.48. The van der Waals surface area contributed by atoms with Crippen LogP contribution in [0.2, 0.25) is 5.02 Å². The van der Waals surface area contributed by atoms with Gasteiger partial charge < -0.3 is 0 Å². The van der Waals surface area contributed by atoms with Crippen molar-refractivity contribution < 1.29 is 9.18 Å². The highest BCUT2D eigenvalue weighted by molar-refractivity contribution is 7.81. The highest BCUT2D eigenvalue weighted by Crippen LogP contribution is 2.23. The minimum Gasteiger partial charge on any atom is -0.272 e. The van der Waals surface area contributed by atoms with E-state index in [2.05, 4.69) is 12.6 Å². The average molecular weight is 219 g/mol. The molecule has 13 heavy (non-hydrogen) atoms. The Bertz CT molecular complexity index is 345. The Kier molecular flexibility index (Phi) is 3.17. The fraction of sp³-hybridized carbons (Fsp3) is 0.125. The molecule has 0 bridgehead atoms. The molecule has 1 unspecified atom stereocenters. The van der Waals surface area contributed by atoms with Crippen LogP contribution in [0.25, 0.3) is 0 Å². The molecule has 0 saturated heterocycles. The summed E-state index contributed by atoms with van der Waals surface area (Å²) in [6.45, 7) is 0. The Morgan fingerprint density at radius 2 is 2.23 bits per heavy atom. The summed E-state index contributed by atoms with van der Waals surface area (Å²) < 4.78 is 12.9. The van der Waals surface area contributed by atoms with Crippen molar-refractivity contribution >= 4 is 30.1 Å². The first kappa shape index (κ1) is 10.3. The number of hydrogen-bond donors (Lipinski definition) is 1. The molecule has 0 heterocycles. The van der Waals surface area contributed by atoms with Crippen molar-refractivity contribution in [3.63, 3.8) is 0 Å². The number of carbonyl (C=O) groups excluding carboxylic acids is 1. The third-order valence-electron chi connectivity index (χ3n) is 1.51. The van der Waals surface area contributed by atoms with E-state index in [1.165, 1.54) is 12.1 Å². The van der Waals surface area contributed by atoms with Gasteiger partial charge in [-0.2, -0.15) is 12.6 Å². The van der Waals surface area contributed by atoms with Gasteiger partial charge in [-0.15, -0.1) is 0 Å². The second-order valence-corrected chi connectivity index (χ2v) is 3.36. The largest absolute Gasteiger partial charge is 0.272 e. The Labute approximate surface area is 85.3 Å². The summed E-state index contributed by atoms with van der Waals surface area (Å²) in [5, 5.41) is -0.923. The Morgan fingerprint density at radius 1 is 1.62 bits per heavy atom. The van der Waals surface area contributed by atoms with Crippen LogP contribution in [0.15, 0.2) is 18.2 Å². The highest BCUT2D eigenvalue weighted by Gasteiger charge is 2.14. The molecular formula is C8H6ClFNOS. The third-order valence-corrected chi connectivity index (χ3v) is 2.35. The van der Waals surface area contributed by atoms with Crippen LogP contribution >= 0.6 is 24.2 Å². The molecule has 0 aliphatic heterocycles. The summed E-state index contributed by atoms with van der Waals surface area (Å²) in [5.41, 5.74) is 7.11. The summed E-state index contributed by atoms with van der Waals surface area (Å²) in [6.07, 6.45) is 0. The van der Waals surface area contributed by atoms with E-state index in [0.29, 0.717) is 5.56 Å². The quantitative estimate of drug-likeness (QED) is 0.760. The average Bonchev–Trinajstić information content (AvgIpc) is 2.08. The Balaban J connectivity index is 3.03. The first-order chi connectivity index (χ1) is 6.02. The van der Waals surface area contributed by atoms with Crippen molar-refractivity contribution in [1.29, 1.82) is 0 Å². The second-order valence-electron chi connectivity index (χ2n) is 2.44. The van der Waals surface area contributed by atoms with E-state index < -0.39 is 17.0 Å². The molecule has 2 nitrogen and oxygen atoms in total. The molecule has 1 rings (SSSR count). The zero-order valence-electron chi connectivity index (χ0n) is 6.42. The van der Waals surface area contributed by atoms with Crippen molar-refractivity contribution in [3.05, 3.63) is 34.6 Å². The van der Waals surface area contributed by atoms with E-state index in [0.717, 1.165) is 6.07 Å². The number of hydrogen-bond acceptors (Lipinski definition) is 2. The maximum absolute atomic E-state index is 12.9. The van der Waals surface area contributed by atoms with Crippen molar-refractivity contribution in [1.82, 2.24) is 5.73 Å². The number of benzene rings is 1. The van der Waals surface area contributed by atoms with E-state index in [4.69, 9.17) is 17.3 Å². The number of amides is 1. The van der Waals surface area contributed by atoms with Gasteiger partial charge in [0.25, 0.3) is 5.91 Å². The highest BCUT2D eigenvalue weighted by atomic mass is 35.5. The predicted octanol–water partition coefficient (Wildman–Crippen LogP) is 2.26. The normalized spacial score (nSPS) is 12.5. The molecule has 69 valence electrons. The first-order valence-corrected chi connectivity index (χ1v) is 4.30. The monoisotopic (exact) mass is 218 g/mol. The van der Waals surface area contributed by atoms with Gasteiger partial charge in [0.2, 0.25) is 0 Å². The Hall–Kier alpha value is -0.740. The molecule has 1 aromatic rings. The maximum atomic E-state index is 12.9. The minimum atomic E-state index is -0.910. The van der Waals surface area contributed by atoms with E-state index >= 15 is 0 Å². The van der Waals surface area contributed by atoms with Gasteiger partial charge in [-0.3, -0.25) is 10.5 Å². The minimum absolute atomic E-state index is 0.0123. The fourth-order valence-corrected chi connectivity index (χ4v) is 1.11. The zero-order valence-corrected chi connectivity index (χ0v) is 8.07. The lowest BCUT2D eigenvalue weighted by Crippen LogP contribution is -2.07. The molecule has 1 radical (unpaired) electrons. The van der Waals surface area contributed by atoms with Gasteiger partial charge in [0.05, 0.1) is 5.02 Å². The van der Waals surface area contributed by atoms with Crippen molar-refractivity contribution in [2.75, 3.05) is 0 Å². The van der Waals surface area contributed by atoms with Crippen LogP contribution in [-0.2, 0) is 4.79 Å². The number of rotatable bonds is 2. The summed E-state index contributed by atoms with van der Waals surface area (Å²) in [6, 6.07) is 3.90. The van der Waals surface area contributed by atoms with E-state index in [9.17, 15) is 9.18 Å². The molecule has 0 spiro atoms. The van der Waals surface area contributed by atoms with Crippen LogP contribution in [0.1, 0.15) is 10.8 Å². The SMILES string of the molecule is [NH]C(=O)C(S)c1ccc(Cl)c(F)c1. The number of thiol groups is 1. The van der Waals surface area contributed by atoms with E-state index in [-0.39, 0.29) is 5.02 Å². The van der Waals surface area contributed by atoms with Gasteiger partial charge in [-0.1, -0.05) is 17.7 Å². The van der Waals surface area contributed by atoms with Crippen molar-refractivity contribution in [2.24, 2.45) is 0 Å². The number of halogens is 2. The molecule has 1 aromatic carbocycles. The molecule has 1 N–H and O–H groups in total. The smallest absolute Gasteiger partial charge is 0.255 e. The zero-order chi connectivity index (χ0) is 10.0. The molecule has 5 heteroatoms.